The smallest absolute Gasteiger partial charge is 0.481 e. The molecule has 0 saturated heterocycles. The van der Waals surface area contributed by atoms with Crippen LogP contribution in [0, 0.1) is 12.3 Å². The van der Waals surface area contributed by atoms with Gasteiger partial charge in [-0.2, -0.15) is 34.2 Å². The molecule has 0 atom stereocenters. The fourth-order valence-corrected chi connectivity index (χ4v) is 2.58. The number of nitrogens with zero attached hydrogens (tertiary/aromatic N) is 4. The second-order valence-electron chi connectivity index (χ2n) is 8.00. The molecule has 0 aliphatic rings. The van der Waals surface area contributed by atoms with E-state index in [4.69, 9.17) is 18.7 Å². The van der Waals surface area contributed by atoms with Gasteiger partial charge in [0.15, 0.2) is 11.4 Å². The summed E-state index contributed by atoms with van der Waals surface area (Å²) in [5.41, 5.74) is 0.767. The maximum atomic E-state index is 12.5. The van der Waals surface area contributed by atoms with E-state index in [9.17, 15) is 4.79 Å². The zero-order valence-corrected chi connectivity index (χ0v) is 24.1. The Kier molecular flexibility index (Phi) is 11.5. The Morgan fingerprint density at radius 3 is 2.25 bits per heavy atom. The van der Waals surface area contributed by atoms with Crippen molar-refractivity contribution >= 4 is 11.6 Å². The van der Waals surface area contributed by atoms with Crippen LogP contribution in [0.5, 0.6) is 23.5 Å². The first-order chi connectivity index (χ1) is 16.8. The number of hydrogen-bond donors (Lipinski definition) is 1. The summed E-state index contributed by atoms with van der Waals surface area (Å²) >= 11 is 0. The quantitative estimate of drug-likeness (QED) is 0.301. The molecule has 3 heterocycles. The van der Waals surface area contributed by atoms with Gasteiger partial charge >= 0.3 is 57.4 Å². The summed E-state index contributed by atoms with van der Waals surface area (Å²) in [5.74, 6) is 1.18. The third-order valence-corrected chi connectivity index (χ3v) is 4.37. The van der Waals surface area contributed by atoms with Crippen LogP contribution in [0.25, 0.3) is 0 Å². The number of methoxy groups -OCH3 is 2. The van der Waals surface area contributed by atoms with Crippen molar-refractivity contribution in [3.8, 4) is 23.5 Å². The Balaban J connectivity index is 0.000000386. The molecule has 0 fully saturated rings. The maximum absolute atomic E-state index is 12.5. The third-order valence-electron chi connectivity index (χ3n) is 4.37. The number of amides is 1. The summed E-state index contributed by atoms with van der Waals surface area (Å²) in [5, 5.41) is 6.23. The van der Waals surface area contributed by atoms with Crippen molar-refractivity contribution in [1.29, 1.82) is 0 Å². The van der Waals surface area contributed by atoms with Crippen LogP contribution >= 0.6 is 0 Å². The van der Waals surface area contributed by atoms with Crippen molar-refractivity contribution in [2.45, 2.75) is 26.2 Å². The number of anilines is 1. The maximum Gasteiger partial charge on any atom is 1.00 e. The fraction of sp³-hybridized carbons (Fsp3) is 0.240. The van der Waals surface area contributed by atoms with Gasteiger partial charge < -0.3 is 24.1 Å². The van der Waals surface area contributed by atoms with Gasteiger partial charge in [0.2, 0.25) is 11.8 Å². The number of ether oxygens (including phenoxy) is 3. The topological polar surface area (TPSA) is 121 Å². The fourth-order valence-electron chi connectivity index (χ4n) is 2.58. The van der Waals surface area contributed by atoms with Gasteiger partial charge in [-0.1, -0.05) is 26.5 Å². The summed E-state index contributed by atoms with van der Waals surface area (Å²) in [6.45, 7) is 6.21. The summed E-state index contributed by atoms with van der Waals surface area (Å²) in [4.78, 5) is 24.8. The van der Waals surface area contributed by atoms with E-state index in [1.807, 2.05) is 0 Å². The summed E-state index contributed by atoms with van der Waals surface area (Å²) in [6, 6.07) is 16.2. The summed E-state index contributed by atoms with van der Waals surface area (Å²) in [7, 11) is 2.93. The molecule has 0 aliphatic carbocycles. The minimum Gasteiger partial charge on any atom is -0.481 e. The molecule has 1 amide bonds. The molecule has 0 bridgehead atoms. The van der Waals surface area contributed by atoms with Crippen LogP contribution in [0.3, 0.4) is 0 Å². The predicted octanol–water partition coefficient (Wildman–Crippen LogP) is 1.51. The van der Waals surface area contributed by atoms with Gasteiger partial charge in [-0.15, -0.1) is 18.3 Å². The average molecular weight is 515 g/mol. The van der Waals surface area contributed by atoms with E-state index in [2.05, 4.69) is 58.5 Å². The molecular formula is C25H25KN5O5-. The van der Waals surface area contributed by atoms with E-state index in [0.717, 1.165) is 5.76 Å². The molecule has 4 rings (SSSR count). The van der Waals surface area contributed by atoms with Crippen LogP contribution < -0.4 is 70.9 Å². The molecule has 4 aromatic rings. The minimum absolute atomic E-state index is 0. The second kappa shape index (κ2) is 14.0. The van der Waals surface area contributed by atoms with E-state index in [1.165, 1.54) is 26.5 Å². The number of hydrogen-bond acceptors (Lipinski definition) is 9. The van der Waals surface area contributed by atoms with Crippen LogP contribution in [-0.4, -0.2) is 40.2 Å². The van der Waals surface area contributed by atoms with E-state index in [0.29, 0.717) is 5.69 Å². The van der Waals surface area contributed by atoms with Crippen LogP contribution in [0.4, 0.5) is 5.69 Å². The van der Waals surface area contributed by atoms with E-state index in [1.54, 1.807) is 42.5 Å². The first kappa shape index (κ1) is 29.4. The Labute approximate surface area is 252 Å². The summed E-state index contributed by atoms with van der Waals surface area (Å²) in [6.07, 6.45) is 4.11. The first-order valence-electron chi connectivity index (χ1n) is 10.5. The SMILES string of the molecule is CC(C)(C)c1c[c-]no1.COc1cc(OC)nc(Oc2cccnc2C(=O)Nc2cc[c-]cc2)n1.[K+]. The molecule has 3 aromatic heterocycles. The number of pyridine rings is 1. The minimum atomic E-state index is -0.429. The van der Waals surface area contributed by atoms with Gasteiger partial charge in [0.05, 0.1) is 20.3 Å². The third kappa shape index (κ3) is 8.68. The van der Waals surface area contributed by atoms with Crippen LogP contribution in [0.1, 0.15) is 37.0 Å². The molecule has 182 valence electrons. The van der Waals surface area contributed by atoms with Crippen molar-refractivity contribution in [2.24, 2.45) is 0 Å². The zero-order chi connectivity index (χ0) is 25.3. The predicted molar refractivity (Wildman–Crippen MR) is 127 cm³/mol. The van der Waals surface area contributed by atoms with Crippen LogP contribution in [0.15, 0.2) is 59.3 Å². The van der Waals surface area contributed by atoms with Crippen LogP contribution in [0.2, 0.25) is 0 Å². The number of carbonyl (C=O) groups excluding carboxylic acids is 1. The molecule has 11 heteroatoms. The van der Waals surface area contributed by atoms with Gasteiger partial charge in [0, 0.05) is 6.20 Å². The monoisotopic (exact) mass is 514 g/mol. The Bertz CT molecular complexity index is 1210. The molecule has 0 radical (unpaired) electrons. The molecule has 36 heavy (non-hydrogen) atoms. The molecule has 0 aliphatic heterocycles. The number of nitrogens with one attached hydrogen (secondary N) is 1. The molecule has 10 nitrogen and oxygen atoms in total. The molecule has 0 unspecified atom stereocenters. The molecule has 1 aromatic carbocycles. The van der Waals surface area contributed by atoms with Crippen molar-refractivity contribution in [3.63, 3.8) is 0 Å². The van der Waals surface area contributed by atoms with E-state index < -0.39 is 5.91 Å². The van der Waals surface area contributed by atoms with Crippen molar-refractivity contribution in [2.75, 3.05) is 19.5 Å². The molecular weight excluding hydrogens is 489 g/mol. The largest absolute Gasteiger partial charge is 1.00 e. The molecule has 0 spiro atoms. The van der Waals surface area contributed by atoms with Crippen molar-refractivity contribution in [3.05, 3.63) is 78.4 Å². The van der Waals surface area contributed by atoms with Gasteiger partial charge in [-0.25, -0.2) is 10.1 Å². The normalized spacial score (nSPS) is 10.2. The molecule has 0 saturated carbocycles. The van der Waals surface area contributed by atoms with Gasteiger partial charge in [0.1, 0.15) is 0 Å². The Hall–Kier alpha value is -2.83. The Morgan fingerprint density at radius 2 is 1.72 bits per heavy atom. The van der Waals surface area contributed by atoms with E-state index in [-0.39, 0.29) is 86.0 Å². The van der Waals surface area contributed by atoms with Gasteiger partial charge in [-0.3, -0.25) is 4.79 Å². The summed E-state index contributed by atoms with van der Waals surface area (Å²) < 4.78 is 20.7. The number of carbonyl (C=O) groups is 1. The van der Waals surface area contributed by atoms with Crippen molar-refractivity contribution in [1.82, 2.24) is 20.1 Å². The number of aromatic nitrogens is 4. The zero-order valence-electron chi connectivity index (χ0n) is 21.0. The average Bonchev–Trinajstić information content (AvgIpc) is 3.41. The van der Waals surface area contributed by atoms with Crippen LogP contribution in [-0.2, 0) is 5.41 Å². The number of benzene rings is 1. The molecule has 1 N–H and O–H groups in total. The number of rotatable bonds is 6. The first-order valence-corrected chi connectivity index (χ1v) is 10.5. The van der Waals surface area contributed by atoms with Gasteiger partial charge in [-0.05, 0) is 23.3 Å². The van der Waals surface area contributed by atoms with Gasteiger partial charge in [0.25, 0.3) is 5.91 Å². The standard InChI is InChI=1S/C18H15N4O4.C7H10NO.K/c1-24-14-11-15(25-2)22-18(21-14)26-13-9-6-10-19-16(13)17(23)20-12-7-4-3-5-8-12;1-7(2,3)6-4-5-8-9-6;/h4-11H,1-2H3,(H,20,23);4H,1-3H3;/q2*-1;+1. The second-order valence-corrected chi connectivity index (χ2v) is 8.00. The Morgan fingerprint density at radius 1 is 1.06 bits per heavy atom. The van der Waals surface area contributed by atoms with Crippen molar-refractivity contribution < 1.29 is 74.9 Å². The van der Waals surface area contributed by atoms with E-state index >= 15 is 0 Å².